The second-order valence-corrected chi connectivity index (χ2v) is 9.68. The van der Waals surface area contributed by atoms with Gasteiger partial charge in [0.15, 0.2) is 12.1 Å². The van der Waals surface area contributed by atoms with Crippen LogP contribution in [0.3, 0.4) is 0 Å². The number of nitrogens with zero attached hydrogens (tertiary/aromatic N) is 2. The average Bonchev–Trinajstić information content (AvgIpc) is 3.28. The van der Waals surface area contributed by atoms with E-state index in [4.69, 9.17) is 28.8 Å². The first-order valence-corrected chi connectivity index (χ1v) is 12.8. The SMILES string of the molecule is CC(=O)[C@@]1(C)CSC(c2ncc(OCCOCCOCCO[C@H]3OC(CO)[C@H](O)[C@H](O)C3O)cc2O)=N1. The van der Waals surface area contributed by atoms with Crippen molar-refractivity contribution in [1.29, 1.82) is 0 Å². The minimum atomic E-state index is -1.49. The van der Waals surface area contributed by atoms with Crippen molar-refractivity contribution in [2.24, 2.45) is 4.99 Å². The van der Waals surface area contributed by atoms with Gasteiger partial charge in [-0.1, -0.05) is 0 Å². The number of ketones is 1. The number of hydrogen-bond acceptors (Lipinski definition) is 14. The van der Waals surface area contributed by atoms with Crippen LogP contribution in [0, 0.1) is 0 Å². The molecule has 0 spiro atoms. The number of ether oxygens (including phenoxy) is 5. The molecule has 0 aliphatic carbocycles. The topological polar surface area (TPSA) is 190 Å². The number of aliphatic hydroxyl groups excluding tert-OH is 4. The van der Waals surface area contributed by atoms with Gasteiger partial charge < -0.3 is 49.2 Å². The van der Waals surface area contributed by atoms with Gasteiger partial charge in [0.25, 0.3) is 0 Å². The van der Waals surface area contributed by atoms with Crippen molar-refractivity contribution in [2.45, 2.75) is 50.1 Å². The number of hydrogen-bond donors (Lipinski definition) is 5. The van der Waals surface area contributed by atoms with E-state index in [-0.39, 0.29) is 51.2 Å². The molecule has 0 saturated carbocycles. The number of carbonyl (C=O) groups excluding carboxylic acids is 1. The number of aliphatic hydroxyl groups is 4. The lowest BCUT2D eigenvalue weighted by atomic mass is 9.99. The molecule has 37 heavy (non-hydrogen) atoms. The summed E-state index contributed by atoms with van der Waals surface area (Å²) < 4.78 is 26.9. The summed E-state index contributed by atoms with van der Waals surface area (Å²) in [6.07, 6.45) is -5.12. The van der Waals surface area contributed by atoms with E-state index in [0.29, 0.717) is 22.2 Å². The number of aromatic nitrogens is 1. The highest BCUT2D eigenvalue weighted by atomic mass is 32.2. The van der Waals surface area contributed by atoms with E-state index in [1.807, 2.05) is 0 Å². The van der Waals surface area contributed by atoms with Crippen molar-refractivity contribution in [1.82, 2.24) is 4.98 Å². The van der Waals surface area contributed by atoms with Crippen molar-refractivity contribution < 1.29 is 54.0 Å². The molecule has 5 N–H and O–H groups in total. The van der Waals surface area contributed by atoms with Gasteiger partial charge in [0.05, 0.1) is 45.8 Å². The Hall–Kier alpha value is -1.88. The summed E-state index contributed by atoms with van der Waals surface area (Å²) in [5.41, 5.74) is -0.493. The molecule has 3 rings (SSSR count). The summed E-state index contributed by atoms with van der Waals surface area (Å²) in [6, 6.07) is 1.44. The molecule has 2 unspecified atom stereocenters. The fraction of sp³-hybridized carbons (Fsp3) is 0.696. The Morgan fingerprint density at radius 1 is 1.11 bits per heavy atom. The summed E-state index contributed by atoms with van der Waals surface area (Å²) >= 11 is 1.37. The van der Waals surface area contributed by atoms with Crippen LogP contribution in [0.1, 0.15) is 19.5 Å². The smallest absolute Gasteiger partial charge is 0.186 e. The minimum Gasteiger partial charge on any atom is -0.505 e. The molecule has 14 heteroatoms. The molecule has 208 valence electrons. The zero-order valence-electron chi connectivity index (χ0n) is 20.7. The van der Waals surface area contributed by atoms with Gasteiger partial charge in [-0.2, -0.15) is 0 Å². The highest BCUT2D eigenvalue weighted by molar-refractivity contribution is 8.14. The van der Waals surface area contributed by atoms with Crippen molar-refractivity contribution in [3.8, 4) is 11.5 Å². The fourth-order valence-corrected chi connectivity index (χ4v) is 4.69. The van der Waals surface area contributed by atoms with Crippen LogP contribution in [0.2, 0.25) is 0 Å². The Balaban J connectivity index is 1.26. The van der Waals surface area contributed by atoms with E-state index in [9.17, 15) is 25.2 Å². The second kappa shape index (κ2) is 13.8. The van der Waals surface area contributed by atoms with Gasteiger partial charge in [0.1, 0.15) is 58.8 Å². The predicted molar refractivity (Wildman–Crippen MR) is 131 cm³/mol. The Labute approximate surface area is 218 Å². The standard InChI is InChI=1S/C23H34N2O11S/c1-13(27)23(2)12-37-21(25-23)17-15(28)9-14(10-24-17)34-7-5-32-3-4-33-6-8-35-22-20(31)19(30)18(29)16(11-26)36-22/h9-10,16,18-20,22,26,28-31H,3-8,11-12H2,1-2H3/t16?,18-,19-,20?,22-,23+/m0/s1. The van der Waals surface area contributed by atoms with Gasteiger partial charge in [-0.05, 0) is 13.8 Å². The molecular formula is C23H34N2O11S. The summed E-state index contributed by atoms with van der Waals surface area (Å²) in [4.78, 5) is 20.4. The maximum atomic E-state index is 11.8. The van der Waals surface area contributed by atoms with Gasteiger partial charge >= 0.3 is 0 Å². The molecule has 2 aliphatic heterocycles. The average molecular weight is 547 g/mol. The van der Waals surface area contributed by atoms with Gasteiger partial charge in [0, 0.05) is 11.8 Å². The van der Waals surface area contributed by atoms with Crippen molar-refractivity contribution in [2.75, 3.05) is 52.0 Å². The number of aromatic hydroxyl groups is 1. The molecule has 1 aromatic rings. The van der Waals surface area contributed by atoms with Crippen molar-refractivity contribution >= 4 is 22.6 Å². The van der Waals surface area contributed by atoms with Crippen molar-refractivity contribution in [3.05, 3.63) is 18.0 Å². The van der Waals surface area contributed by atoms with Crippen LogP contribution in [0.5, 0.6) is 11.5 Å². The normalized spacial score (nSPS) is 29.8. The van der Waals surface area contributed by atoms with Gasteiger partial charge in [-0.25, -0.2) is 4.98 Å². The summed E-state index contributed by atoms with van der Waals surface area (Å²) in [5, 5.41) is 49.4. The van der Waals surface area contributed by atoms with Crippen molar-refractivity contribution in [3.63, 3.8) is 0 Å². The van der Waals surface area contributed by atoms with Crippen LogP contribution in [0.15, 0.2) is 17.3 Å². The molecule has 1 aromatic heterocycles. The Bertz CT molecular complexity index is 934. The van der Waals surface area contributed by atoms with E-state index >= 15 is 0 Å². The maximum Gasteiger partial charge on any atom is 0.186 e. The lowest BCUT2D eigenvalue weighted by molar-refractivity contribution is -0.302. The first-order valence-electron chi connectivity index (χ1n) is 11.8. The second-order valence-electron chi connectivity index (χ2n) is 8.72. The number of aliphatic imine (C=N–C) groups is 1. The minimum absolute atomic E-state index is 0.0405. The maximum absolute atomic E-state index is 11.8. The summed E-state index contributed by atoms with van der Waals surface area (Å²) in [6.45, 7) is 4.00. The van der Waals surface area contributed by atoms with Crippen LogP contribution < -0.4 is 4.74 Å². The van der Waals surface area contributed by atoms with Crippen LogP contribution in [-0.4, -0.2) is 130 Å². The van der Waals surface area contributed by atoms with Crippen LogP contribution >= 0.6 is 11.8 Å². The largest absolute Gasteiger partial charge is 0.505 e. The Morgan fingerprint density at radius 2 is 1.78 bits per heavy atom. The van der Waals surface area contributed by atoms with E-state index in [1.54, 1.807) is 6.92 Å². The third kappa shape index (κ3) is 7.81. The van der Waals surface area contributed by atoms with Gasteiger partial charge in [-0.3, -0.25) is 9.79 Å². The summed E-state index contributed by atoms with van der Waals surface area (Å²) in [7, 11) is 0. The first-order chi connectivity index (χ1) is 17.7. The lowest BCUT2D eigenvalue weighted by Gasteiger charge is -2.39. The molecule has 0 aromatic carbocycles. The van der Waals surface area contributed by atoms with Crippen LogP contribution in [0.4, 0.5) is 0 Å². The van der Waals surface area contributed by atoms with Gasteiger partial charge in [0.2, 0.25) is 0 Å². The zero-order valence-corrected chi connectivity index (χ0v) is 21.5. The highest BCUT2D eigenvalue weighted by Gasteiger charge is 2.44. The summed E-state index contributed by atoms with van der Waals surface area (Å²) in [5.74, 6) is 0.742. The molecule has 3 heterocycles. The first kappa shape index (κ1) is 29.7. The number of Topliss-reactive ketones (excluding diaryl/α,β-unsaturated/α-hetero) is 1. The number of carbonyl (C=O) groups is 1. The molecule has 0 amide bonds. The molecule has 2 aliphatic rings. The third-order valence-electron chi connectivity index (χ3n) is 5.87. The molecular weight excluding hydrogens is 512 g/mol. The molecule has 1 fully saturated rings. The molecule has 0 bridgehead atoms. The molecule has 6 atom stereocenters. The third-order valence-corrected chi connectivity index (χ3v) is 7.13. The zero-order chi connectivity index (χ0) is 27.0. The Morgan fingerprint density at radius 3 is 2.41 bits per heavy atom. The fourth-order valence-electron chi connectivity index (χ4n) is 3.45. The number of thioether (sulfide) groups is 1. The number of rotatable bonds is 14. The van der Waals surface area contributed by atoms with E-state index in [0.717, 1.165) is 0 Å². The van der Waals surface area contributed by atoms with Crippen LogP contribution in [0.25, 0.3) is 0 Å². The highest BCUT2D eigenvalue weighted by Crippen LogP contribution is 2.34. The van der Waals surface area contributed by atoms with E-state index < -0.39 is 42.9 Å². The van der Waals surface area contributed by atoms with Gasteiger partial charge in [-0.15, -0.1) is 11.8 Å². The Kier molecular flexibility index (Phi) is 11.0. The predicted octanol–water partition coefficient (Wildman–Crippen LogP) is -1.14. The quantitative estimate of drug-likeness (QED) is 0.176. The van der Waals surface area contributed by atoms with E-state index in [1.165, 1.54) is 30.9 Å². The lowest BCUT2D eigenvalue weighted by Crippen LogP contribution is -2.59. The van der Waals surface area contributed by atoms with E-state index in [2.05, 4.69) is 9.98 Å². The monoisotopic (exact) mass is 546 g/mol. The van der Waals surface area contributed by atoms with Crippen LogP contribution in [-0.2, 0) is 23.7 Å². The number of pyridine rings is 1. The molecule has 0 radical (unpaired) electrons. The molecule has 1 saturated heterocycles. The molecule has 13 nitrogen and oxygen atoms in total.